The van der Waals surface area contributed by atoms with Crippen LogP contribution in [0.5, 0.6) is 0 Å². The number of nitrogens with one attached hydrogen (secondary N) is 3. The molecule has 2 aromatic rings. The summed E-state index contributed by atoms with van der Waals surface area (Å²) < 4.78 is 0. The van der Waals surface area contributed by atoms with Crippen LogP contribution in [0.3, 0.4) is 0 Å². The molecule has 2 aromatic carbocycles. The molecule has 13 heteroatoms. The van der Waals surface area contributed by atoms with E-state index >= 15 is 0 Å². The molecule has 3 atom stereocenters. The molecule has 11 N–H and O–H groups in total. The van der Waals surface area contributed by atoms with Crippen molar-refractivity contribution in [2.45, 2.75) is 56.7 Å². The minimum atomic E-state index is -1.06. The topological polar surface area (TPSA) is 245 Å². The average Bonchev–Trinajstić information content (AvgIpc) is 2.98. The van der Waals surface area contributed by atoms with Crippen molar-refractivity contribution in [1.82, 2.24) is 16.0 Å². The lowest BCUT2D eigenvalue weighted by Gasteiger charge is -2.25. The van der Waals surface area contributed by atoms with E-state index in [-0.39, 0.29) is 31.8 Å². The summed E-state index contributed by atoms with van der Waals surface area (Å²) in [6.45, 7) is 0.634. The van der Waals surface area contributed by atoms with Gasteiger partial charge in [0.15, 0.2) is 5.96 Å². The van der Waals surface area contributed by atoms with Crippen molar-refractivity contribution in [2.75, 3.05) is 13.1 Å². The van der Waals surface area contributed by atoms with E-state index in [9.17, 15) is 19.2 Å². The van der Waals surface area contributed by atoms with Crippen molar-refractivity contribution in [3.63, 3.8) is 0 Å². The Morgan fingerprint density at radius 3 is 1.95 bits per heavy atom. The molecule has 13 nitrogen and oxygen atoms in total. The lowest BCUT2D eigenvalue weighted by molar-refractivity contribution is -0.132. The van der Waals surface area contributed by atoms with Crippen LogP contribution >= 0.6 is 0 Å². The van der Waals surface area contributed by atoms with Gasteiger partial charge in [-0.15, -0.1) is 0 Å². The van der Waals surface area contributed by atoms with E-state index in [1.54, 1.807) is 54.6 Å². The molecular weight excluding hydrogens is 538 g/mol. The van der Waals surface area contributed by atoms with Crippen LogP contribution in [0.15, 0.2) is 59.6 Å². The molecule has 0 spiro atoms. The zero-order valence-electron chi connectivity index (χ0n) is 23.4. The van der Waals surface area contributed by atoms with Crippen LogP contribution in [-0.2, 0) is 20.8 Å². The quantitative estimate of drug-likeness (QED) is 0.0734. The Labute approximate surface area is 245 Å². The molecule has 224 valence electrons. The molecule has 2 rings (SSSR count). The highest BCUT2D eigenvalue weighted by atomic mass is 16.2. The van der Waals surface area contributed by atoms with E-state index < -0.39 is 41.8 Å². The van der Waals surface area contributed by atoms with Crippen molar-refractivity contribution in [1.29, 1.82) is 5.26 Å². The maximum absolute atomic E-state index is 13.4. The number of hydrogen-bond donors (Lipinski definition) is 7. The van der Waals surface area contributed by atoms with Crippen molar-refractivity contribution >= 4 is 29.6 Å². The smallest absolute Gasteiger partial charge is 0.251 e. The Hall–Kier alpha value is -4.96. The molecule has 0 radical (unpaired) electrons. The molecule has 0 aliphatic rings. The molecule has 0 heterocycles. The van der Waals surface area contributed by atoms with Crippen molar-refractivity contribution in [2.24, 2.45) is 27.9 Å². The predicted molar refractivity (Wildman–Crippen MR) is 158 cm³/mol. The summed E-state index contributed by atoms with van der Waals surface area (Å²) in [5.74, 6) is -2.50. The number of aliphatic imine (C=N–C) groups is 1. The predicted octanol–water partition coefficient (Wildman–Crippen LogP) is -0.463. The van der Waals surface area contributed by atoms with E-state index in [1.165, 1.54) is 0 Å². The molecule has 0 saturated carbocycles. The second kappa shape index (κ2) is 17.7. The lowest BCUT2D eigenvalue weighted by atomic mass is 10.0. The number of nitrogens with zero attached hydrogens (tertiary/aromatic N) is 2. The standard InChI is InChI=1S/C29H39N9O4/c30-15-5-4-9-22(28(42)38-24(25(32)39)17-19-11-13-20(18-31)14-12-19)37-27(41)23(10-6-16-35-29(33)34)36-26(40)21-7-2-1-3-8-21/h1-3,7-8,11-14,22-24H,4-6,9-10,15-17,30H2,(H2,32,39)(H,36,40)(H,37,41)(H,38,42)(H4,33,34,35)/t22-,23-,24-/m0/s1. The van der Waals surface area contributed by atoms with E-state index in [0.29, 0.717) is 42.5 Å². The minimum Gasteiger partial charge on any atom is -0.370 e. The Balaban J connectivity index is 2.19. The number of nitrogens with two attached hydrogens (primary N) is 4. The van der Waals surface area contributed by atoms with Crippen LogP contribution in [0.2, 0.25) is 0 Å². The number of hydrogen-bond acceptors (Lipinski definition) is 7. The fourth-order valence-corrected chi connectivity index (χ4v) is 4.08. The normalized spacial score (nSPS) is 12.6. The van der Waals surface area contributed by atoms with Crippen LogP contribution in [0.1, 0.15) is 53.6 Å². The molecule has 4 amide bonds. The average molecular weight is 578 g/mol. The molecular formula is C29H39N9O4. The van der Waals surface area contributed by atoms with Crippen molar-refractivity contribution in [3.8, 4) is 6.07 Å². The highest BCUT2D eigenvalue weighted by Crippen LogP contribution is 2.09. The SMILES string of the molecule is N#Cc1ccc(C[C@H](NC(=O)[C@H](CCCCN)NC(=O)[C@H](CCCN=C(N)N)NC(=O)c2ccccc2)C(N)=O)cc1. The maximum atomic E-state index is 13.4. The number of unbranched alkanes of at least 4 members (excludes halogenated alkanes) is 1. The van der Waals surface area contributed by atoms with Crippen LogP contribution in [0, 0.1) is 11.3 Å². The molecule has 0 unspecified atom stereocenters. The summed E-state index contributed by atoms with van der Waals surface area (Å²) in [6, 6.07) is 13.9. The number of benzene rings is 2. The third kappa shape index (κ3) is 11.6. The summed E-state index contributed by atoms with van der Waals surface area (Å²) in [7, 11) is 0. The third-order valence-corrected chi connectivity index (χ3v) is 6.37. The monoisotopic (exact) mass is 577 g/mol. The van der Waals surface area contributed by atoms with E-state index in [4.69, 9.17) is 28.2 Å². The van der Waals surface area contributed by atoms with E-state index in [0.717, 1.165) is 0 Å². The van der Waals surface area contributed by atoms with Gasteiger partial charge in [-0.05, 0) is 68.5 Å². The number of amides is 4. The summed E-state index contributed by atoms with van der Waals surface area (Å²) in [5, 5.41) is 17.1. The molecule has 0 bridgehead atoms. The van der Waals surface area contributed by atoms with Crippen molar-refractivity contribution in [3.05, 3.63) is 71.3 Å². The fourth-order valence-electron chi connectivity index (χ4n) is 4.08. The zero-order valence-corrected chi connectivity index (χ0v) is 23.4. The van der Waals surface area contributed by atoms with E-state index in [2.05, 4.69) is 20.9 Å². The molecule has 0 aromatic heterocycles. The molecule has 42 heavy (non-hydrogen) atoms. The number of rotatable bonds is 17. The Bertz CT molecular complexity index is 1260. The molecule has 0 fully saturated rings. The first-order chi connectivity index (χ1) is 20.1. The van der Waals surface area contributed by atoms with Crippen LogP contribution < -0.4 is 38.9 Å². The third-order valence-electron chi connectivity index (χ3n) is 6.37. The van der Waals surface area contributed by atoms with Crippen molar-refractivity contribution < 1.29 is 19.2 Å². The van der Waals surface area contributed by atoms with Gasteiger partial charge in [0.25, 0.3) is 5.91 Å². The number of nitriles is 1. The summed E-state index contributed by atoms with van der Waals surface area (Å²) in [6.07, 6.45) is 2.04. The number of primary amides is 1. The van der Waals surface area contributed by atoms with Gasteiger partial charge in [0, 0.05) is 18.5 Å². The van der Waals surface area contributed by atoms with Gasteiger partial charge in [-0.3, -0.25) is 24.2 Å². The van der Waals surface area contributed by atoms with Crippen LogP contribution in [-0.4, -0.2) is 60.8 Å². The van der Waals surface area contributed by atoms with Gasteiger partial charge in [0.1, 0.15) is 18.1 Å². The van der Waals surface area contributed by atoms with Gasteiger partial charge in [-0.1, -0.05) is 30.3 Å². The van der Waals surface area contributed by atoms with Gasteiger partial charge in [-0.2, -0.15) is 5.26 Å². The lowest BCUT2D eigenvalue weighted by Crippen LogP contribution is -2.56. The van der Waals surface area contributed by atoms with Gasteiger partial charge in [-0.25, -0.2) is 0 Å². The molecule has 0 aliphatic carbocycles. The Morgan fingerprint density at radius 1 is 0.786 bits per heavy atom. The van der Waals surface area contributed by atoms with Gasteiger partial charge in [0.2, 0.25) is 17.7 Å². The maximum Gasteiger partial charge on any atom is 0.251 e. The first kappa shape index (κ1) is 33.2. The Morgan fingerprint density at radius 2 is 1.38 bits per heavy atom. The van der Waals surface area contributed by atoms with E-state index in [1.807, 2.05) is 6.07 Å². The van der Waals surface area contributed by atoms with Gasteiger partial charge in [0.05, 0.1) is 11.6 Å². The van der Waals surface area contributed by atoms with Crippen LogP contribution in [0.4, 0.5) is 0 Å². The summed E-state index contributed by atoms with van der Waals surface area (Å²) in [4.78, 5) is 55.7. The number of guanidine groups is 1. The summed E-state index contributed by atoms with van der Waals surface area (Å²) in [5.41, 5.74) is 23.5. The van der Waals surface area contributed by atoms with Gasteiger partial charge < -0.3 is 38.9 Å². The Kier molecular flexibility index (Phi) is 14.0. The minimum absolute atomic E-state index is 0.0917. The summed E-state index contributed by atoms with van der Waals surface area (Å²) >= 11 is 0. The fraction of sp³-hybridized carbons (Fsp3) is 0.379. The van der Waals surface area contributed by atoms with Gasteiger partial charge >= 0.3 is 0 Å². The van der Waals surface area contributed by atoms with Crippen LogP contribution in [0.25, 0.3) is 0 Å². The first-order valence-electron chi connectivity index (χ1n) is 13.6. The second-order valence-electron chi connectivity index (χ2n) is 9.66. The highest BCUT2D eigenvalue weighted by Gasteiger charge is 2.29. The molecule has 0 aliphatic heterocycles. The number of carbonyl (C=O) groups excluding carboxylic acids is 4. The second-order valence-corrected chi connectivity index (χ2v) is 9.66. The first-order valence-corrected chi connectivity index (χ1v) is 13.6. The highest BCUT2D eigenvalue weighted by molar-refractivity contribution is 5.98. The zero-order chi connectivity index (χ0) is 30.9. The number of carbonyl (C=O) groups is 4. The molecule has 0 saturated heterocycles. The largest absolute Gasteiger partial charge is 0.370 e.